The maximum absolute atomic E-state index is 12.0. The van der Waals surface area contributed by atoms with Crippen LogP contribution >= 0.6 is 0 Å². The lowest BCUT2D eigenvalue weighted by molar-refractivity contribution is 0.102. The first-order valence-electron chi connectivity index (χ1n) is 8.99. The molecule has 0 saturated carbocycles. The smallest absolute Gasteiger partial charge is 0.258 e. The van der Waals surface area contributed by atoms with Crippen LogP contribution in [0, 0.1) is 6.92 Å². The number of benzene rings is 1. The van der Waals surface area contributed by atoms with E-state index >= 15 is 0 Å². The first-order chi connectivity index (χ1) is 13.2. The molecule has 0 unspecified atom stereocenters. The van der Waals surface area contributed by atoms with E-state index in [2.05, 4.69) is 25.5 Å². The monoisotopic (exact) mass is 363 g/mol. The minimum atomic E-state index is -0.207. The van der Waals surface area contributed by atoms with Gasteiger partial charge in [0.1, 0.15) is 12.1 Å². The third kappa shape index (κ3) is 4.08. The van der Waals surface area contributed by atoms with E-state index < -0.39 is 0 Å². The molecule has 0 radical (unpaired) electrons. The van der Waals surface area contributed by atoms with Gasteiger partial charge in [-0.2, -0.15) is 4.98 Å². The molecule has 3 heterocycles. The Labute approximate surface area is 157 Å². The summed E-state index contributed by atoms with van der Waals surface area (Å²) in [6.45, 7) is 4.06. The molecule has 0 spiro atoms. The Morgan fingerprint density at radius 2 is 1.81 bits per heavy atom. The Bertz CT molecular complexity index is 916. The topological polar surface area (TPSA) is 83.3 Å². The van der Waals surface area contributed by atoms with Gasteiger partial charge in [0.15, 0.2) is 0 Å². The van der Waals surface area contributed by atoms with E-state index in [1.54, 1.807) is 6.07 Å². The fraction of sp³-hybridized carbons (Fsp3) is 0.250. The molecule has 1 fully saturated rings. The number of hydrogen-bond acceptors (Lipinski definition) is 6. The van der Waals surface area contributed by atoms with Crippen LogP contribution in [-0.2, 0) is 0 Å². The van der Waals surface area contributed by atoms with Crippen molar-refractivity contribution in [1.82, 2.24) is 9.97 Å². The molecule has 138 valence electrons. The van der Waals surface area contributed by atoms with E-state index in [-0.39, 0.29) is 5.91 Å². The highest BCUT2D eigenvalue weighted by Crippen LogP contribution is 2.22. The molecule has 1 amide bonds. The van der Waals surface area contributed by atoms with Crippen molar-refractivity contribution in [3.63, 3.8) is 0 Å². The van der Waals surface area contributed by atoms with Gasteiger partial charge in [0.2, 0.25) is 5.95 Å². The molecule has 0 bridgehead atoms. The molecular weight excluding hydrogens is 342 g/mol. The van der Waals surface area contributed by atoms with Gasteiger partial charge in [-0.15, -0.1) is 0 Å². The van der Waals surface area contributed by atoms with Gasteiger partial charge >= 0.3 is 0 Å². The Balaban J connectivity index is 1.44. The van der Waals surface area contributed by atoms with Gasteiger partial charge in [-0.3, -0.25) is 4.79 Å². The van der Waals surface area contributed by atoms with Crippen LogP contribution in [0.5, 0.6) is 0 Å². The number of carbonyl (C=O) groups is 1. The zero-order chi connectivity index (χ0) is 18.6. The zero-order valence-electron chi connectivity index (χ0n) is 15.1. The summed E-state index contributed by atoms with van der Waals surface area (Å²) in [5.41, 5.74) is 2.97. The number of aryl methyl sites for hydroxylation is 1. The van der Waals surface area contributed by atoms with Gasteiger partial charge in [0.05, 0.1) is 11.8 Å². The van der Waals surface area contributed by atoms with Gasteiger partial charge in [0, 0.05) is 36.2 Å². The minimum absolute atomic E-state index is 0.207. The van der Waals surface area contributed by atoms with Gasteiger partial charge in [-0.25, -0.2) is 4.98 Å². The van der Waals surface area contributed by atoms with Crippen molar-refractivity contribution in [2.45, 2.75) is 19.8 Å². The number of aromatic nitrogens is 2. The molecule has 7 nitrogen and oxygen atoms in total. The van der Waals surface area contributed by atoms with Gasteiger partial charge in [-0.1, -0.05) is 0 Å². The highest BCUT2D eigenvalue weighted by Gasteiger charge is 2.15. The van der Waals surface area contributed by atoms with E-state index in [0.29, 0.717) is 17.2 Å². The number of nitrogens with zero attached hydrogens (tertiary/aromatic N) is 3. The Hall–Kier alpha value is -3.35. The van der Waals surface area contributed by atoms with Crippen LogP contribution in [0.3, 0.4) is 0 Å². The van der Waals surface area contributed by atoms with Gasteiger partial charge in [-0.05, 0) is 50.1 Å². The Morgan fingerprint density at radius 1 is 1.07 bits per heavy atom. The SMILES string of the molecule is Cc1cc(N2CCCC2)nc(Nc2ccc(NC(=O)c3ccoc3)cc2)n1. The summed E-state index contributed by atoms with van der Waals surface area (Å²) in [6.07, 6.45) is 5.30. The second-order valence-electron chi connectivity index (χ2n) is 6.55. The van der Waals surface area contributed by atoms with E-state index in [1.165, 1.54) is 25.4 Å². The van der Waals surface area contributed by atoms with E-state index in [4.69, 9.17) is 4.42 Å². The van der Waals surface area contributed by atoms with Crippen molar-refractivity contribution >= 4 is 29.0 Å². The summed E-state index contributed by atoms with van der Waals surface area (Å²) in [5, 5.41) is 6.07. The summed E-state index contributed by atoms with van der Waals surface area (Å²) in [6, 6.07) is 11.1. The van der Waals surface area contributed by atoms with Crippen LogP contribution in [0.2, 0.25) is 0 Å². The van der Waals surface area contributed by atoms with Crippen molar-refractivity contribution < 1.29 is 9.21 Å². The lowest BCUT2D eigenvalue weighted by Crippen LogP contribution is -2.19. The van der Waals surface area contributed by atoms with Crippen LogP contribution in [0.1, 0.15) is 28.9 Å². The molecule has 7 heteroatoms. The average molecular weight is 363 g/mol. The second-order valence-corrected chi connectivity index (χ2v) is 6.55. The van der Waals surface area contributed by atoms with Crippen molar-refractivity contribution in [2.24, 2.45) is 0 Å². The Kier molecular flexibility index (Phi) is 4.74. The summed E-state index contributed by atoms with van der Waals surface area (Å²) in [5.74, 6) is 1.33. The number of anilines is 4. The van der Waals surface area contributed by atoms with Gasteiger partial charge < -0.3 is 20.0 Å². The molecule has 2 aromatic heterocycles. The summed E-state index contributed by atoms with van der Waals surface area (Å²) < 4.78 is 4.93. The predicted octanol–water partition coefficient (Wildman–Crippen LogP) is 3.97. The average Bonchev–Trinajstić information content (AvgIpc) is 3.37. The first-order valence-corrected chi connectivity index (χ1v) is 8.99. The van der Waals surface area contributed by atoms with E-state index in [1.807, 2.05) is 37.3 Å². The zero-order valence-corrected chi connectivity index (χ0v) is 15.1. The number of amides is 1. The van der Waals surface area contributed by atoms with Crippen LogP contribution in [0.4, 0.5) is 23.1 Å². The highest BCUT2D eigenvalue weighted by atomic mass is 16.3. The summed E-state index contributed by atoms with van der Waals surface area (Å²) in [7, 11) is 0. The lowest BCUT2D eigenvalue weighted by atomic mass is 10.2. The molecule has 0 aliphatic carbocycles. The lowest BCUT2D eigenvalue weighted by Gasteiger charge is -2.17. The van der Waals surface area contributed by atoms with Gasteiger partial charge in [0.25, 0.3) is 5.91 Å². The quantitative estimate of drug-likeness (QED) is 0.713. The summed E-state index contributed by atoms with van der Waals surface area (Å²) in [4.78, 5) is 23.4. The fourth-order valence-electron chi connectivity index (χ4n) is 3.08. The van der Waals surface area contributed by atoms with Crippen molar-refractivity contribution in [2.75, 3.05) is 28.6 Å². The van der Waals surface area contributed by atoms with Crippen LogP contribution in [0.25, 0.3) is 0 Å². The Morgan fingerprint density at radius 3 is 2.52 bits per heavy atom. The van der Waals surface area contributed by atoms with Crippen molar-refractivity contribution in [1.29, 1.82) is 0 Å². The largest absolute Gasteiger partial charge is 0.472 e. The predicted molar refractivity (Wildman–Crippen MR) is 105 cm³/mol. The number of furan rings is 1. The fourth-order valence-corrected chi connectivity index (χ4v) is 3.08. The molecule has 4 rings (SSSR count). The van der Waals surface area contributed by atoms with Crippen molar-refractivity contribution in [3.8, 4) is 0 Å². The molecular formula is C20H21N5O2. The standard InChI is InChI=1S/C20H21N5O2/c1-14-12-18(25-9-2-3-10-25)24-20(21-14)23-17-6-4-16(5-7-17)22-19(26)15-8-11-27-13-15/h4-8,11-13H,2-3,9-10H2,1H3,(H,22,26)(H,21,23,24). The minimum Gasteiger partial charge on any atom is -0.472 e. The first kappa shape index (κ1) is 17.1. The third-order valence-corrected chi connectivity index (χ3v) is 4.45. The van der Waals surface area contributed by atoms with E-state index in [9.17, 15) is 4.79 Å². The van der Waals surface area contributed by atoms with Crippen LogP contribution in [-0.4, -0.2) is 29.0 Å². The maximum atomic E-state index is 12.0. The number of hydrogen-bond donors (Lipinski definition) is 2. The third-order valence-electron chi connectivity index (χ3n) is 4.45. The van der Waals surface area contributed by atoms with E-state index in [0.717, 1.165) is 30.3 Å². The summed E-state index contributed by atoms with van der Waals surface area (Å²) >= 11 is 0. The van der Waals surface area contributed by atoms with Crippen molar-refractivity contribution in [3.05, 3.63) is 60.2 Å². The molecule has 3 aromatic rings. The normalized spacial score (nSPS) is 13.6. The molecule has 1 aliphatic heterocycles. The molecule has 1 saturated heterocycles. The molecule has 1 aromatic carbocycles. The second kappa shape index (κ2) is 7.49. The number of rotatable bonds is 5. The maximum Gasteiger partial charge on any atom is 0.258 e. The highest BCUT2D eigenvalue weighted by molar-refractivity contribution is 6.04. The van der Waals surface area contributed by atoms with Crippen LogP contribution in [0.15, 0.2) is 53.3 Å². The number of carbonyl (C=O) groups excluding carboxylic acids is 1. The number of nitrogens with one attached hydrogen (secondary N) is 2. The molecule has 0 atom stereocenters. The molecule has 1 aliphatic rings. The molecule has 2 N–H and O–H groups in total. The molecule has 27 heavy (non-hydrogen) atoms. The van der Waals surface area contributed by atoms with Crippen LogP contribution < -0.4 is 15.5 Å².